The average molecular weight is 579 g/mol. The lowest BCUT2D eigenvalue weighted by molar-refractivity contribution is 0.0399. The summed E-state index contributed by atoms with van der Waals surface area (Å²) in [6.07, 6.45) is 0. The molecule has 0 aliphatic carbocycles. The third kappa shape index (κ3) is 6.10. The fourth-order valence-electron chi connectivity index (χ4n) is 4.35. The number of rotatable bonds is 6. The van der Waals surface area contributed by atoms with Crippen LogP contribution in [0.25, 0.3) is 11.4 Å². The van der Waals surface area contributed by atoms with Crippen molar-refractivity contribution in [2.45, 2.75) is 33.7 Å². The summed E-state index contributed by atoms with van der Waals surface area (Å²) in [6.45, 7) is 8.70. The Morgan fingerprint density at radius 2 is 1.68 bits per heavy atom. The van der Waals surface area contributed by atoms with Crippen LogP contribution in [0.2, 0.25) is 0 Å². The average Bonchev–Trinajstić information content (AvgIpc) is 2.91. The van der Waals surface area contributed by atoms with Crippen molar-refractivity contribution < 1.29 is 19.1 Å². The predicted molar refractivity (Wildman–Crippen MR) is 148 cm³/mol. The molecule has 1 aliphatic rings. The number of aryl methyl sites for hydroxylation is 1. The maximum Gasteiger partial charge on any atom is 0.342 e. The van der Waals surface area contributed by atoms with Crippen molar-refractivity contribution in [2.24, 2.45) is 5.92 Å². The van der Waals surface area contributed by atoms with E-state index < -0.39 is 5.97 Å². The molecule has 2 heterocycles. The van der Waals surface area contributed by atoms with Gasteiger partial charge in [-0.05, 0) is 44.0 Å². The molecule has 2 aromatic carbocycles. The van der Waals surface area contributed by atoms with Gasteiger partial charge in [0.2, 0.25) is 0 Å². The second kappa shape index (κ2) is 11.9. The zero-order chi connectivity index (χ0) is 27.4. The van der Waals surface area contributed by atoms with E-state index in [1.165, 1.54) is 0 Å². The van der Waals surface area contributed by atoms with E-state index in [9.17, 15) is 14.4 Å². The number of benzene rings is 2. The Kier molecular flexibility index (Phi) is 8.56. The van der Waals surface area contributed by atoms with Gasteiger partial charge in [0, 0.05) is 41.3 Å². The summed E-state index contributed by atoms with van der Waals surface area (Å²) in [7, 11) is 0. The van der Waals surface area contributed by atoms with E-state index in [1.807, 2.05) is 63.2 Å². The molecule has 8 nitrogen and oxygen atoms in total. The smallest absolute Gasteiger partial charge is 0.342 e. The molecular weight excluding hydrogens is 548 g/mol. The van der Waals surface area contributed by atoms with E-state index in [4.69, 9.17) is 4.74 Å². The van der Waals surface area contributed by atoms with E-state index in [-0.39, 0.29) is 41.6 Å². The van der Waals surface area contributed by atoms with Gasteiger partial charge in [-0.2, -0.15) is 0 Å². The molecule has 198 valence electrons. The van der Waals surface area contributed by atoms with Crippen molar-refractivity contribution in [1.29, 1.82) is 0 Å². The number of carbonyl (C=O) groups is 3. The molecule has 1 aliphatic heterocycles. The molecule has 1 unspecified atom stereocenters. The van der Waals surface area contributed by atoms with Gasteiger partial charge in [0.15, 0.2) is 5.82 Å². The van der Waals surface area contributed by atoms with Crippen molar-refractivity contribution in [3.05, 3.63) is 81.6 Å². The minimum Gasteiger partial charge on any atom is -0.462 e. The van der Waals surface area contributed by atoms with Crippen molar-refractivity contribution in [3.63, 3.8) is 0 Å². The highest BCUT2D eigenvalue weighted by Gasteiger charge is 2.34. The molecule has 0 radical (unpaired) electrons. The van der Waals surface area contributed by atoms with Crippen LogP contribution in [-0.2, 0) is 4.74 Å². The topological polar surface area (TPSA) is 92.7 Å². The first-order chi connectivity index (χ1) is 18.2. The van der Waals surface area contributed by atoms with Gasteiger partial charge in [0.05, 0.1) is 12.3 Å². The summed E-state index contributed by atoms with van der Waals surface area (Å²) in [4.78, 5) is 52.6. The number of hydrogen-bond donors (Lipinski definition) is 0. The van der Waals surface area contributed by atoms with Crippen LogP contribution in [0.1, 0.15) is 57.7 Å². The summed E-state index contributed by atoms with van der Waals surface area (Å²) in [6, 6.07) is 16.3. The minimum atomic E-state index is -0.615. The summed E-state index contributed by atoms with van der Waals surface area (Å²) in [5, 5.41) is 0. The molecule has 4 rings (SSSR count). The number of nitrogens with zero attached hydrogens (tertiary/aromatic N) is 4. The lowest BCUT2D eigenvalue weighted by atomic mass is 10.1. The highest BCUT2D eigenvalue weighted by atomic mass is 79.9. The molecule has 0 bridgehead atoms. The Balaban J connectivity index is 1.62. The molecule has 38 heavy (non-hydrogen) atoms. The third-order valence-corrected chi connectivity index (χ3v) is 6.87. The van der Waals surface area contributed by atoms with Gasteiger partial charge in [-0.25, -0.2) is 14.8 Å². The van der Waals surface area contributed by atoms with Gasteiger partial charge in [-0.1, -0.05) is 60.1 Å². The zero-order valence-corrected chi connectivity index (χ0v) is 23.6. The number of halogens is 1. The molecule has 2 amide bonds. The fraction of sp³-hybridized carbons (Fsp3) is 0.345. The first kappa shape index (κ1) is 27.4. The molecule has 0 saturated carbocycles. The third-order valence-electron chi connectivity index (χ3n) is 6.34. The quantitative estimate of drug-likeness (QED) is 0.381. The van der Waals surface area contributed by atoms with Gasteiger partial charge in [-0.3, -0.25) is 9.59 Å². The predicted octanol–water partition coefficient (Wildman–Crippen LogP) is 5.01. The number of hydrogen-bond acceptors (Lipinski definition) is 6. The molecule has 1 atom stereocenters. The van der Waals surface area contributed by atoms with Crippen LogP contribution in [0.4, 0.5) is 0 Å². The number of ether oxygens (including phenoxy) is 1. The van der Waals surface area contributed by atoms with Crippen molar-refractivity contribution >= 4 is 33.7 Å². The van der Waals surface area contributed by atoms with E-state index in [0.717, 1.165) is 10.0 Å². The number of amides is 2. The summed E-state index contributed by atoms with van der Waals surface area (Å²) in [5.74, 6) is -0.577. The SMILES string of the molecule is Cc1nc(-c2ccccc2)nc(C(=O)N2CCN(C(=O)c3ccc(Br)cc3)C(C)C2)c1C(=O)OCC(C)C. The molecule has 1 saturated heterocycles. The molecule has 1 aromatic heterocycles. The largest absolute Gasteiger partial charge is 0.462 e. The Morgan fingerprint density at radius 3 is 2.32 bits per heavy atom. The number of esters is 1. The van der Waals surface area contributed by atoms with Gasteiger partial charge in [-0.15, -0.1) is 0 Å². The van der Waals surface area contributed by atoms with Crippen molar-refractivity contribution in [1.82, 2.24) is 19.8 Å². The fourth-order valence-corrected chi connectivity index (χ4v) is 4.62. The zero-order valence-electron chi connectivity index (χ0n) is 22.0. The Hall–Kier alpha value is -3.59. The van der Waals surface area contributed by atoms with Gasteiger partial charge >= 0.3 is 5.97 Å². The van der Waals surface area contributed by atoms with Crippen LogP contribution < -0.4 is 0 Å². The first-order valence-corrected chi connectivity index (χ1v) is 13.4. The maximum atomic E-state index is 13.8. The number of carbonyl (C=O) groups excluding carboxylic acids is 3. The summed E-state index contributed by atoms with van der Waals surface area (Å²) < 4.78 is 6.37. The highest BCUT2D eigenvalue weighted by molar-refractivity contribution is 9.10. The van der Waals surface area contributed by atoms with Gasteiger partial charge < -0.3 is 14.5 Å². The van der Waals surface area contributed by atoms with Crippen LogP contribution >= 0.6 is 15.9 Å². The van der Waals surface area contributed by atoms with Crippen molar-refractivity contribution in [3.8, 4) is 11.4 Å². The summed E-state index contributed by atoms with van der Waals surface area (Å²) >= 11 is 3.39. The number of piperazine rings is 1. The molecule has 1 fully saturated rings. The second-order valence-electron chi connectivity index (χ2n) is 9.82. The summed E-state index contributed by atoms with van der Waals surface area (Å²) in [5.41, 5.74) is 1.81. The molecule has 0 N–H and O–H groups in total. The van der Waals surface area contributed by atoms with E-state index in [2.05, 4.69) is 25.9 Å². The second-order valence-corrected chi connectivity index (χ2v) is 10.7. The minimum absolute atomic E-state index is 0.0185. The van der Waals surface area contributed by atoms with Crippen molar-refractivity contribution in [2.75, 3.05) is 26.2 Å². The highest BCUT2D eigenvalue weighted by Crippen LogP contribution is 2.23. The normalized spacial score (nSPS) is 15.5. The van der Waals surface area contributed by atoms with Crippen LogP contribution in [-0.4, -0.2) is 69.8 Å². The van der Waals surface area contributed by atoms with Crippen LogP contribution in [0, 0.1) is 12.8 Å². The Labute approximate surface area is 231 Å². The molecular formula is C29H31BrN4O4. The number of aromatic nitrogens is 2. The molecule has 9 heteroatoms. The van der Waals surface area contributed by atoms with E-state index >= 15 is 0 Å². The molecule has 0 spiro atoms. The van der Waals surface area contributed by atoms with E-state index in [0.29, 0.717) is 36.7 Å². The lowest BCUT2D eigenvalue weighted by Gasteiger charge is -2.40. The standard InChI is InChI=1S/C29H31BrN4O4/c1-18(2)17-38-29(37)24-20(4)31-26(21-8-6-5-7-9-21)32-25(24)28(36)33-14-15-34(19(3)16-33)27(35)22-10-12-23(30)13-11-22/h5-13,18-19H,14-17H2,1-4H3. The lowest BCUT2D eigenvalue weighted by Crippen LogP contribution is -2.55. The first-order valence-electron chi connectivity index (χ1n) is 12.6. The van der Waals surface area contributed by atoms with E-state index in [1.54, 1.807) is 28.9 Å². The molecule has 3 aromatic rings. The maximum absolute atomic E-state index is 13.8. The Morgan fingerprint density at radius 1 is 1.00 bits per heavy atom. The Bertz CT molecular complexity index is 1330. The monoisotopic (exact) mass is 578 g/mol. The van der Waals surface area contributed by atoms with Crippen LogP contribution in [0.5, 0.6) is 0 Å². The van der Waals surface area contributed by atoms with Crippen LogP contribution in [0.15, 0.2) is 59.1 Å². The van der Waals surface area contributed by atoms with Crippen LogP contribution in [0.3, 0.4) is 0 Å². The van der Waals surface area contributed by atoms with Gasteiger partial charge in [0.1, 0.15) is 11.3 Å². The van der Waals surface area contributed by atoms with Gasteiger partial charge in [0.25, 0.3) is 11.8 Å².